The van der Waals surface area contributed by atoms with Crippen molar-refractivity contribution in [1.29, 1.82) is 0 Å². The quantitative estimate of drug-likeness (QED) is 0.758. The van der Waals surface area contributed by atoms with Crippen LogP contribution >= 0.6 is 0 Å². The molecule has 0 radical (unpaired) electrons. The van der Waals surface area contributed by atoms with E-state index in [1.54, 1.807) is 0 Å². The van der Waals surface area contributed by atoms with E-state index >= 15 is 0 Å². The molecule has 1 saturated heterocycles. The number of carbonyl (C=O) groups excluding carboxylic acids is 1. The van der Waals surface area contributed by atoms with Gasteiger partial charge in [-0.15, -0.1) is 0 Å². The average Bonchev–Trinajstić information content (AvgIpc) is 3.11. The third-order valence-electron chi connectivity index (χ3n) is 5.30. The molecule has 4 rings (SSSR count). The van der Waals surface area contributed by atoms with Crippen molar-refractivity contribution in [3.8, 4) is 0 Å². The second kappa shape index (κ2) is 7.20. The molecule has 1 amide bonds. The highest BCUT2D eigenvalue weighted by Gasteiger charge is 2.25. The second-order valence-electron chi connectivity index (χ2n) is 6.94. The minimum atomic E-state index is 0.211. The molecule has 5 nitrogen and oxygen atoms in total. The van der Waals surface area contributed by atoms with Crippen LogP contribution in [0, 0.1) is 0 Å². The molecule has 0 spiro atoms. The van der Waals surface area contributed by atoms with Crippen LogP contribution < -0.4 is 5.32 Å². The van der Waals surface area contributed by atoms with Crippen LogP contribution in [0.2, 0.25) is 0 Å². The molecule has 3 aromatic rings. The summed E-state index contributed by atoms with van der Waals surface area (Å²) in [6.45, 7) is 1.63. The molecule has 1 aromatic carbocycles. The van der Waals surface area contributed by atoms with Crippen LogP contribution in [0.1, 0.15) is 29.9 Å². The number of hydrogen-bond acceptors (Lipinski definition) is 3. The van der Waals surface area contributed by atoms with E-state index in [0.717, 1.165) is 48.2 Å². The summed E-state index contributed by atoms with van der Waals surface area (Å²) >= 11 is 0. The van der Waals surface area contributed by atoms with Gasteiger partial charge in [-0.3, -0.25) is 4.79 Å². The van der Waals surface area contributed by atoms with Crippen LogP contribution in [-0.4, -0.2) is 40.9 Å². The molecule has 1 unspecified atom stereocenters. The normalized spacial score (nSPS) is 17.4. The number of benzene rings is 1. The molecule has 2 aromatic heterocycles. The van der Waals surface area contributed by atoms with E-state index in [0.29, 0.717) is 12.3 Å². The first kappa shape index (κ1) is 16.6. The predicted molar refractivity (Wildman–Crippen MR) is 104 cm³/mol. The van der Waals surface area contributed by atoms with Crippen LogP contribution in [0.5, 0.6) is 0 Å². The predicted octanol–water partition coefficient (Wildman–Crippen LogP) is 3.55. The zero-order chi connectivity index (χ0) is 17.9. The van der Waals surface area contributed by atoms with Crippen molar-refractivity contribution < 1.29 is 4.79 Å². The molecule has 5 heteroatoms. The van der Waals surface area contributed by atoms with Gasteiger partial charge in [0.2, 0.25) is 5.91 Å². The number of hydrogen-bond donors (Lipinski definition) is 2. The second-order valence-corrected chi connectivity index (χ2v) is 6.94. The van der Waals surface area contributed by atoms with Gasteiger partial charge in [-0.05, 0) is 42.2 Å². The summed E-state index contributed by atoms with van der Waals surface area (Å²) in [4.78, 5) is 22.5. The Morgan fingerprint density at radius 1 is 1.35 bits per heavy atom. The van der Waals surface area contributed by atoms with E-state index in [-0.39, 0.29) is 5.91 Å². The molecule has 3 heterocycles. The van der Waals surface area contributed by atoms with E-state index in [1.165, 1.54) is 5.56 Å². The highest BCUT2D eigenvalue weighted by molar-refractivity contribution is 5.88. The van der Waals surface area contributed by atoms with E-state index in [4.69, 9.17) is 0 Å². The third-order valence-corrected chi connectivity index (χ3v) is 5.30. The van der Waals surface area contributed by atoms with Gasteiger partial charge in [-0.2, -0.15) is 0 Å². The number of aromatic nitrogens is 2. The molecule has 0 aliphatic carbocycles. The number of H-pyrrole nitrogens is 1. The minimum Gasteiger partial charge on any atom is -0.373 e. The lowest BCUT2D eigenvalue weighted by Gasteiger charge is -2.33. The van der Waals surface area contributed by atoms with Crippen molar-refractivity contribution in [2.45, 2.75) is 25.2 Å². The molecule has 134 valence electrons. The summed E-state index contributed by atoms with van der Waals surface area (Å²) in [7, 11) is 1.88. The first-order valence-corrected chi connectivity index (χ1v) is 9.21. The smallest absolute Gasteiger partial charge is 0.227 e. The standard InChI is InChI=1S/C21H24N4O/c1-22-20-11-15(8-9-23-20)16-5-4-10-25(14-16)21(26)12-17-13-24-19-7-3-2-6-18(17)19/h2-3,6-9,11,13,16,24H,4-5,10,12,14H2,1H3,(H,22,23). The van der Waals surface area contributed by atoms with Crippen LogP contribution in [0.3, 0.4) is 0 Å². The van der Waals surface area contributed by atoms with E-state index in [9.17, 15) is 4.79 Å². The SMILES string of the molecule is CNc1cc(C2CCCN(C(=O)Cc3c[nH]c4ccccc34)C2)ccn1. The third kappa shape index (κ3) is 3.29. The fourth-order valence-corrected chi connectivity index (χ4v) is 3.87. The molecular formula is C21H24N4O. The number of para-hydroxylation sites is 1. The Hall–Kier alpha value is -2.82. The number of carbonyl (C=O) groups is 1. The molecule has 1 fully saturated rings. The zero-order valence-corrected chi connectivity index (χ0v) is 15.0. The number of fused-ring (bicyclic) bond motifs is 1. The lowest BCUT2D eigenvalue weighted by Crippen LogP contribution is -2.39. The Kier molecular flexibility index (Phi) is 4.61. The van der Waals surface area contributed by atoms with E-state index in [1.807, 2.05) is 42.5 Å². The number of piperidine rings is 1. The van der Waals surface area contributed by atoms with Gasteiger partial charge in [0.25, 0.3) is 0 Å². The van der Waals surface area contributed by atoms with Crippen molar-refractivity contribution in [2.75, 3.05) is 25.5 Å². The highest BCUT2D eigenvalue weighted by Crippen LogP contribution is 2.28. The van der Waals surface area contributed by atoms with Crippen LogP contribution in [-0.2, 0) is 11.2 Å². The van der Waals surface area contributed by atoms with E-state index in [2.05, 4.69) is 33.5 Å². The van der Waals surface area contributed by atoms with Crippen molar-refractivity contribution >= 4 is 22.6 Å². The Morgan fingerprint density at radius 2 is 2.23 bits per heavy atom. The lowest BCUT2D eigenvalue weighted by molar-refractivity contribution is -0.131. The lowest BCUT2D eigenvalue weighted by atomic mass is 9.91. The zero-order valence-electron chi connectivity index (χ0n) is 15.0. The molecule has 26 heavy (non-hydrogen) atoms. The van der Waals surface area contributed by atoms with Gasteiger partial charge in [0.1, 0.15) is 5.82 Å². The largest absolute Gasteiger partial charge is 0.373 e. The van der Waals surface area contributed by atoms with Gasteiger partial charge in [-0.25, -0.2) is 4.98 Å². The fourth-order valence-electron chi connectivity index (χ4n) is 3.87. The highest BCUT2D eigenvalue weighted by atomic mass is 16.2. The summed E-state index contributed by atoms with van der Waals surface area (Å²) in [5.41, 5.74) is 3.42. The molecule has 1 aliphatic heterocycles. The first-order chi connectivity index (χ1) is 12.7. The van der Waals surface area contributed by atoms with Crippen LogP contribution in [0.25, 0.3) is 10.9 Å². The summed E-state index contributed by atoms with van der Waals surface area (Å²) in [5, 5.41) is 4.23. The van der Waals surface area contributed by atoms with Crippen molar-refractivity contribution in [3.63, 3.8) is 0 Å². The Morgan fingerprint density at radius 3 is 3.12 bits per heavy atom. The monoisotopic (exact) mass is 348 g/mol. The Bertz CT molecular complexity index is 917. The van der Waals surface area contributed by atoms with Crippen molar-refractivity contribution in [1.82, 2.24) is 14.9 Å². The molecule has 0 bridgehead atoms. The number of amides is 1. The molecular weight excluding hydrogens is 324 g/mol. The molecule has 1 aliphatic rings. The Labute approximate surface area is 153 Å². The maximum absolute atomic E-state index is 12.9. The molecule has 1 atom stereocenters. The van der Waals surface area contributed by atoms with Gasteiger partial charge in [0.15, 0.2) is 0 Å². The molecule has 2 N–H and O–H groups in total. The number of aromatic amines is 1. The molecule has 0 saturated carbocycles. The number of pyridine rings is 1. The van der Waals surface area contributed by atoms with Gasteiger partial charge in [-0.1, -0.05) is 18.2 Å². The van der Waals surface area contributed by atoms with Gasteiger partial charge < -0.3 is 15.2 Å². The topological polar surface area (TPSA) is 61.0 Å². The fraction of sp³-hybridized carbons (Fsp3) is 0.333. The first-order valence-electron chi connectivity index (χ1n) is 9.21. The van der Waals surface area contributed by atoms with Gasteiger partial charge in [0.05, 0.1) is 6.42 Å². The maximum atomic E-state index is 12.9. The van der Waals surface area contributed by atoms with Crippen molar-refractivity contribution in [2.24, 2.45) is 0 Å². The van der Waals surface area contributed by atoms with Crippen LogP contribution in [0.4, 0.5) is 5.82 Å². The minimum absolute atomic E-state index is 0.211. The summed E-state index contributed by atoms with van der Waals surface area (Å²) < 4.78 is 0. The number of likely N-dealkylation sites (tertiary alicyclic amines) is 1. The average molecular weight is 348 g/mol. The summed E-state index contributed by atoms with van der Waals surface area (Å²) in [6, 6.07) is 12.3. The van der Waals surface area contributed by atoms with Crippen LogP contribution in [0.15, 0.2) is 48.8 Å². The number of nitrogens with zero attached hydrogens (tertiary/aromatic N) is 2. The van der Waals surface area contributed by atoms with Crippen molar-refractivity contribution in [3.05, 3.63) is 59.9 Å². The van der Waals surface area contributed by atoms with Gasteiger partial charge in [0, 0.05) is 49.4 Å². The number of nitrogens with one attached hydrogen (secondary N) is 2. The Balaban J connectivity index is 1.47. The van der Waals surface area contributed by atoms with Gasteiger partial charge >= 0.3 is 0 Å². The van der Waals surface area contributed by atoms with E-state index < -0.39 is 0 Å². The number of rotatable bonds is 4. The maximum Gasteiger partial charge on any atom is 0.227 e. The summed E-state index contributed by atoms with van der Waals surface area (Å²) in [5.74, 6) is 1.47. The summed E-state index contributed by atoms with van der Waals surface area (Å²) in [6.07, 6.45) is 6.42. The number of anilines is 1.